The lowest BCUT2D eigenvalue weighted by molar-refractivity contribution is 0.0697. The van der Waals surface area contributed by atoms with E-state index in [1.165, 1.54) is 45.5 Å². The number of nitrogens with zero attached hydrogens (tertiary/aromatic N) is 1. The van der Waals surface area contributed by atoms with Crippen LogP contribution >= 0.6 is 23.7 Å². The van der Waals surface area contributed by atoms with Crippen molar-refractivity contribution in [3.8, 4) is 5.75 Å². The zero-order valence-electron chi connectivity index (χ0n) is 20.4. The highest BCUT2D eigenvalue weighted by atomic mass is 35.5. The molecule has 1 aliphatic rings. The zero-order valence-corrected chi connectivity index (χ0v) is 22.0. The van der Waals surface area contributed by atoms with Gasteiger partial charge in [0.2, 0.25) is 0 Å². The topological polar surface area (TPSA) is 78.9 Å². The van der Waals surface area contributed by atoms with Crippen LogP contribution in [0.4, 0.5) is 4.79 Å². The van der Waals surface area contributed by atoms with Crippen LogP contribution in [0, 0.1) is 5.92 Å². The fourth-order valence-electron chi connectivity index (χ4n) is 4.91. The number of amides is 1. The highest BCUT2D eigenvalue weighted by molar-refractivity contribution is 7.17. The van der Waals surface area contributed by atoms with Crippen molar-refractivity contribution < 1.29 is 19.4 Å². The molecule has 0 bridgehead atoms. The number of benzene rings is 3. The maximum Gasteiger partial charge on any atom is 0.415 e. The second-order valence-electron chi connectivity index (χ2n) is 9.20. The Morgan fingerprint density at radius 1 is 1.03 bits per heavy atom. The van der Waals surface area contributed by atoms with E-state index in [-0.39, 0.29) is 35.8 Å². The van der Waals surface area contributed by atoms with E-state index in [0.29, 0.717) is 18.8 Å². The van der Waals surface area contributed by atoms with E-state index in [4.69, 9.17) is 9.84 Å². The van der Waals surface area contributed by atoms with Crippen molar-refractivity contribution >= 4 is 45.9 Å². The van der Waals surface area contributed by atoms with E-state index < -0.39 is 12.1 Å². The van der Waals surface area contributed by atoms with Gasteiger partial charge in [0.15, 0.2) is 0 Å². The van der Waals surface area contributed by atoms with Crippen LogP contribution in [0.3, 0.4) is 0 Å². The van der Waals surface area contributed by atoms with Gasteiger partial charge in [-0.15, -0.1) is 23.7 Å². The molecule has 1 aliphatic heterocycles. The third-order valence-corrected chi connectivity index (χ3v) is 7.88. The van der Waals surface area contributed by atoms with Crippen molar-refractivity contribution in [2.45, 2.75) is 18.9 Å². The average molecular weight is 537 g/mol. The van der Waals surface area contributed by atoms with Crippen molar-refractivity contribution in [1.29, 1.82) is 0 Å². The predicted octanol–water partition coefficient (Wildman–Crippen LogP) is 6.59. The van der Waals surface area contributed by atoms with Gasteiger partial charge in [0, 0.05) is 36.3 Å². The average Bonchev–Trinajstić information content (AvgIpc) is 3.53. The lowest BCUT2D eigenvalue weighted by atomic mass is 9.88. The minimum Gasteiger partial charge on any atom is -0.478 e. The van der Waals surface area contributed by atoms with Gasteiger partial charge in [0.25, 0.3) is 0 Å². The molecule has 2 N–H and O–H groups in total. The van der Waals surface area contributed by atoms with Gasteiger partial charge in [-0.1, -0.05) is 48.5 Å². The normalized spacial score (nSPS) is 17.8. The molecule has 3 atom stereocenters. The first kappa shape index (κ1) is 26.7. The smallest absolute Gasteiger partial charge is 0.415 e. The van der Waals surface area contributed by atoms with Crippen molar-refractivity contribution in [2.24, 2.45) is 5.92 Å². The summed E-state index contributed by atoms with van der Waals surface area (Å²) in [6.45, 7) is 4.10. The van der Waals surface area contributed by atoms with Crippen molar-refractivity contribution in [1.82, 2.24) is 10.2 Å². The molecule has 1 unspecified atom stereocenters. The van der Waals surface area contributed by atoms with Crippen LogP contribution in [0.5, 0.6) is 5.75 Å². The van der Waals surface area contributed by atoms with Crippen LogP contribution in [0.25, 0.3) is 10.1 Å². The standard InChI is InChI=1S/C29H28N2O4S.ClH/c1-19(26-18-36-27-10-6-5-9-24(26)27)30-15-22-16-31(17-25(22)20-7-3-2-4-8-20)29(34)35-23-13-11-21(12-14-23)28(32)33;/h2-14,18-19,22,25,30H,15-17H2,1H3,(H,32,33);1H/t19?,22-,25-;/m1./s1. The monoisotopic (exact) mass is 536 g/mol. The molecule has 4 aromatic rings. The quantitative estimate of drug-likeness (QED) is 0.279. The molecule has 0 aliphatic carbocycles. The van der Waals surface area contributed by atoms with Crippen LogP contribution < -0.4 is 10.1 Å². The predicted molar refractivity (Wildman–Crippen MR) is 149 cm³/mol. The number of hydrogen-bond acceptors (Lipinski definition) is 5. The van der Waals surface area contributed by atoms with Crippen LogP contribution in [-0.4, -0.2) is 41.7 Å². The molecule has 1 amide bonds. The third kappa shape index (κ3) is 5.96. The number of ether oxygens (including phenoxy) is 1. The third-order valence-electron chi connectivity index (χ3n) is 6.90. The van der Waals surface area contributed by atoms with Crippen molar-refractivity contribution in [3.05, 3.63) is 101 Å². The molecule has 1 saturated heterocycles. The summed E-state index contributed by atoms with van der Waals surface area (Å²) in [5, 5.41) is 16.3. The van der Waals surface area contributed by atoms with E-state index in [9.17, 15) is 9.59 Å². The summed E-state index contributed by atoms with van der Waals surface area (Å²) in [7, 11) is 0. The maximum absolute atomic E-state index is 13.0. The summed E-state index contributed by atoms with van der Waals surface area (Å²) in [5.41, 5.74) is 2.66. The highest BCUT2D eigenvalue weighted by Gasteiger charge is 2.37. The Kier molecular flexibility index (Phi) is 8.48. The Balaban J connectivity index is 0.00000320. The Labute approximate surface area is 226 Å². The van der Waals surface area contributed by atoms with Gasteiger partial charge in [-0.2, -0.15) is 0 Å². The number of carboxylic acids is 1. The van der Waals surface area contributed by atoms with Gasteiger partial charge >= 0.3 is 12.1 Å². The molecule has 2 heterocycles. The molecule has 3 aromatic carbocycles. The maximum atomic E-state index is 13.0. The lowest BCUT2D eigenvalue weighted by Crippen LogP contribution is -2.33. The van der Waals surface area contributed by atoms with Gasteiger partial charge in [-0.3, -0.25) is 0 Å². The second-order valence-corrected chi connectivity index (χ2v) is 10.1. The summed E-state index contributed by atoms with van der Waals surface area (Å²) in [6, 6.07) is 24.8. The van der Waals surface area contributed by atoms with E-state index in [0.717, 1.165) is 6.54 Å². The number of thiophene rings is 1. The van der Waals surface area contributed by atoms with Crippen LogP contribution in [0.1, 0.15) is 40.4 Å². The molecule has 192 valence electrons. The summed E-state index contributed by atoms with van der Waals surface area (Å²) < 4.78 is 6.86. The molecular weight excluding hydrogens is 508 g/mol. The Bertz CT molecular complexity index is 1360. The first-order valence-electron chi connectivity index (χ1n) is 12.0. The summed E-state index contributed by atoms with van der Waals surface area (Å²) in [4.78, 5) is 25.8. The number of fused-ring (bicyclic) bond motifs is 1. The van der Waals surface area contributed by atoms with E-state index in [1.54, 1.807) is 16.2 Å². The molecule has 0 spiro atoms. The molecule has 37 heavy (non-hydrogen) atoms. The number of aromatic carboxylic acids is 1. The molecule has 1 fully saturated rings. The minimum atomic E-state index is -1.02. The van der Waals surface area contributed by atoms with Gasteiger partial charge < -0.3 is 20.1 Å². The van der Waals surface area contributed by atoms with E-state index in [2.05, 4.69) is 54.0 Å². The number of carboxylic acid groups (broad SMARTS) is 1. The zero-order chi connectivity index (χ0) is 25.1. The van der Waals surface area contributed by atoms with Gasteiger partial charge in [-0.05, 0) is 65.1 Å². The Morgan fingerprint density at radius 2 is 1.73 bits per heavy atom. The Morgan fingerprint density at radius 3 is 2.46 bits per heavy atom. The molecule has 6 nitrogen and oxygen atoms in total. The fraction of sp³-hybridized carbons (Fsp3) is 0.241. The van der Waals surface area contributed by atoms with Gasteiger partial charge in [0.05, 0.1) is 5.56 Å². The minimum absolute atomic E-state index is 0. The molecule has 8 heteroatoms. The number of rotatable bonds is 7. The number of likely N-dealkylation sites (tertiary alicyclic amines) is 1. The summed E-state index contributed by atoms with van der Waals surface area (Å²) in [6.07, 6.45) is -0.418. The van der Waals surface area contributed by atoms with Gasteiger partial charge in [0.1, 0.15) is 5.75 Å². The Hall–Kier alpha value is -3.39. The van der Waals surface area contributed by atoms with E-state index in [1.807, 2.05) is 18.2 Å². The number of halogens is 1. The molecule has 1 aromatic heterocycles. The second kappa shape index (κ2) is 11.8. The van der Waals surface area contributed by atoms with Crippen LogP contribution in [-0.2, 0) is 0 Å². The summed E-state index contributed by atoms with van der Waals surface area (Å²) in [5.74, 6) is -0.271. The first-order chi connectivity index (χ1) is 17.5. The number of hydrogen-bond donors (Lipinski definition) is 2. The largest absolute Gasteiger partial charge is 0.478 e. The van der Waals surface area contributed by atoms with Gasteiger partial charge in [-0.25, -0.2) is 9.59 Å². The fourth-order valence-corrected chi connectivity index (χ4v) is 5.96. The first-order valence-corrected chi connectivity index (χ1v) is 12.9. The van der Waals surface area contributed by atoms with Crippen LogP contribution in [0.15, 0.2) is 84.2 Å². The highest BCUT2D eigenvalue weighted by Crippen LogP contribution is 2.34. The molecule has 0 saturated carbocycles. The molecular formula is C29H29ClN2O4S. The van der Waals surface area contributed by atoms with E-state index >= 15 is 0 Å². The van der Waals surface area contributed by atoms with Crippen molar-refractivity contribution in [2.75, 3.05) is 19.6 Å². The lowest BCUT2D eigenvalue weighted by Gasteiger charge is -2.22. The number of carbonyl (C=O) groups excluding carboxylic acids is 1. The molecule has 0 radical (unpaired) electrons. The number of carbonyl (C=O) groups is 2. The SMILES string of the molecule is CC(NC[C@@H]1CN(C(=O)Oc2ccc(C(=O)O)cc2)C[C@@H]1c1ccccc1)c1csc2ccccc12.Cl. The summed E-state index contributed by atoms with van der Waals surface area (Å²) >= 11 is 1.76. The molecule has 5 rings (SSSR count). The van der Waals surface area contributed by atoms with Crippen LogP contribution in [0.2, 0.25) is 0 Å². The number of nitrogens with one attached hydrogen (secondary N) is 1. The van der Waals surface area contributed by atoms with Crippen molar-refractivity contribution in [3.63, 3.8) is 0 Å².